The first-order valence-electron chi connectivity index (χ1n) is 16.8. The Morgan fingerprint density at radius 1 is 0.400 bits per heavy atom. The third-order valence-electron chi connectivity index (χ3n) is 9.63. The van der Waals surface area contributed by atoms with Crippen LogP contribution in [-0.2, 0) is 0 Å². The summed E-state index contributed by atoms with van der Waals surface area (Å²) in [5, 5.41) is 4.52. The minimum atomic E-state index is 0.691. The van der Waals surface area contributed by atoms with E-state index >= 15 is 0 Å². The zero-order valence-electron chi connectivity index (χ0n) is 27.0. The first kappa shape index (κ1) is 28.3. The van der Waals surface area contributed by atoms with Crippen molar-refractivity contribution in [2.45, 2.75) is 0 Å². The van der Waals surface area contributed by atoms with Crippen LogP contribution in [0.4, 0.5) is 0 Å². The van der Waals surface area contributed by atoms with Gasteiger partial charge in [-0.2, -0.15) is 0 Å². The first-order valence-corrected chi connectivity index (χ1v) is 16.8. The van der Waals surface area contributed by atoms with Crippen molar-refractivity contribution < 1.29 is 4.42 Å². The van der Waals surface area contributed by atoms with E-state index in [0.717, 1.165) is 83.3 Å². The van der Waals surface area contributed by atoms with E-state index in [2.05, 4.69) is 144 Å². The normalized spacial score (nSPS) is 11.6. The summed E-state index contributed by atoms with van der Waals surface area (Å²) in [6, 6.07) is 61.1. The molecule has 0 bridgehead atoms. The summed E-state index contributed by atoms with van der Waals surface area (Å²) < 4.78 is 9.24. The number of hydrogen-bond donors (Lipinski definition) is 0. The minimum Gasteiger partial charge on any atom is -0.455 e. The molecule has 0 saturated heterocycles. The van der Waals surface area contributed by atoms with Crippen LogP contribution in [0, 0.1) is 0 Å². The van der Waals surface area contributed by atoms with Gasteiger partial charge in [0.05, 0.1) is 27.8 Å². The van der Waals surface area contributed by atoms with Crippen LogP contribution in [0.15, 0.2) is 180 Å². The van der Waals surface area contributed by atoms with Gasteiger partial charge in [-0.15, -0.1) is 0 Å². The summed E-state index contributed by atoms with van der Waals surface area (Å²) in [5.74, 6) is 0.691. The van der Waals surface area contributed by atoms with Crippen molar-refractivity contribution in [2.75, 3.05) is 0 Å². The highest BCUT2D eigenvalue weighted by atomic mass is 16.3. The third-order valence-corrected chi connectivity index (χ3v) is 9.63. The predicted octanol–water partition coefficient (Wildman–Crippen LogP) is 12.1. The number of furan rings is 1. The number of benzene rings is 7. The van der Waals surface area contributed by atoms with Crippen molar-refractivity contribution in [3.05, 3.63) is 176 Å². The molecule has 0 N–H and O–H groups in total. The Morgan fingerprint density at radius 2 is 0.980 bits per heavy atom. The molecule has 4 nitrogen and oxygen atoms in total. The molecule has 0 unspecified atom stereocenters. The molecule has 50 heavy (non-hydrogen) atoms. The average molecular weight is 640 g/mol. The van der Waals surface area contributed by atoms with Gasteiger partial charge in [0.2, 0.25) is 0 Å². The molecule has 0 amide bonds. The second-order valence-electron chi connectivity index (χ2n) is 12.6. The highest BCUT2D eigenvalue weighted by molar-refractivity contribution is 6.24. The molecule has 0 atom stereocenters. The van der Waals surface area contributed by atoms with E-state index in [4.69, 9.17) is 14.4 Å². The Kier molecular flexibility index (Phi) is 6.46. The van der Waals surface area contributed by atoms with Crippen LogP contribution in [0.25, 0.3) is 94.5 Å². The Bertz CT molecular complexity index is 2780. The maximum Gasteiger partial charge on any atom is 0.160 e. The van der Waals surface area contributed by atoms with E-state index in [-0.39, 0.29) is 0 Å². The van der Waals surface area contributed by atoms with E-state index in [9.17, 15) is 0 Å². The molecule has 3 aromatic heterocycles. The lowest BCUT2D eigenvalue weighted by Gasteiger charge is -2.10. The quantitative estimate of drug-likeness (QED) is 0.188. The van der Waals surface area contributed by atoms with Gasteiger partial charge in [0.1, 0.15) is 11.2 Å². The Morgan fingerprint density at radius 3 is 1.68 bits per heavy atom. The van der Waals surface area contributed by atoms with E-state index in [1.807, 2.05) is 36.4 Å². The fourth-order valence-electron chi connectivity index (χ4n) is 7.28. The summed E-state index contributed by atoms with van der Waals surface area (Å²) >= 11 is 0. The van der Waals surface area contributed by atoms with Crippen LogP contribution in [0.2, 0.25) is 0 Å². The molecule has 0 aliphatic rings. The maximum atomic E-state index is 6.91. The SMILES string of the molecule is c1ccc(-c2cc(-c3ccccc3)nc(-c3ccc(-c4cccc5c4oc4c5ccc5c4c4ccccc4n5-c4ccccc4)cc3)n2)cc1. The number of nitrogens with zero attached hydrogens (tertiary/aromatic N) is 3. The highest BCUT2D eigenvalue weighted by Crippen LogP contribution is 2.43. The van der Waals surface area contributed by atoms with Crippen LogP contribution < -0.4 is 0 Å². The lowest BCUT2D eigenvalue weighted by atomic mass is 10.0. The molecule has 0 radical (unpaired) electrons. The topological polar surface area (TPSA) is 43.9 Å². The van der Waals surface area contributed by atoms with Gasteiger partial charge in [0.25, 0.3) is 0 Å². The molecule has 4 heteroatoms. The monoisotopic (exact) mass is 639 g/mol. The fraction of sp³-hybridized carbons (Fsp3) is 0. The smallest absolute Gasteiger partial charge is 0.160 e. The first-order chi connectivity index (χ1) is 24.8. The molecule has 0 fully saturated rings. The van der Waals surface area contributed by atoms with E-state index < -0.39 is 0 Å². The predicted molar refractivity (Wildman–Crippen MR) is 205 cm³/mol. The molecule has 10 rings (SSSR count). The second-order valence-corrected chi connectivity index (χ2v) is 12.6. The van der Waals surface area contributed by atoms with Crippen molar-refractivity contribution in [3.8, 4) is 50.7 Å². The van der Waals surface area contributed by atoms with Crippen LogP contribution in [0.5, 0.6) is 0 Å². The number of hydrogen-bond acceptors (Lipinski definition) is 3. The van der Waals surface area contributed by atoms with Gasteiger partial charge in [-0.05, 0) is 42.0 Å². The molecule has 0 aliphatic carbocycles. The average Bonchev–Trinajstić information content (AvgIpc) is 3.75. The van der Waals surface area contributed by atoms with Crippen LogP contribution in [0.3, 0.4) is 0 Å². The molecule has 3 heterocycles. The van der Waals surface area contributed by atoms with E-state index in [0.29, 0.717) is 5.82 Å². The molecule has 234 valence electrons. The standard InChI is InChI=1S/C46H29N3O/c1-4-13-31(14-5-1)39-29-40(32-15-6-2-7-16-32)48-46(47-39)33-25-23-30(24-26-33)35-20-12-21-36-37-27-28-42-43(45(37)50-44(35)36)38-19-10-11-22-41(38)49(42)34-17-8-3-9-18-34/h1-29H. The van der Waals surface area contributed by atoms with Gasteiger partial charge in [-0.3, -0.25) is 0 Å². The summed E-state index contributed by atoms with van der Waals surface area (Å²) in [4.78, 5) is 10.1. The number of para-hydroxylation sites is 3. The fourth-order valence-corrected chi connectivity index (χ4v) is 7.28. The van der Waals surface area contributed by atoms with Crippen LogP contribution >= 0.6 is 0 Å². The lowest BCUT2D eigenvalue weighted by Crippen LogP contribution is -1.95. The molecular weight excluding hydrogens is 611 g/mol. The van der Waals surface area contributed by atoms with Gasteiger partial charge in [0.15, 0.2) is 5.82 Å². The summed E-state index contributed by atoms with van der Waals surface area (Å²) in [5.41, 5.74) is 12.2. The third kappa shape index (κ3) is 4.54. The molecule has 7 aromatic carbocycles. The zero-order chi connectivity index (χ0) is 33.0. The molecular formula is C46H29N3O. The lowest BCUT2D eigenvalue weighted by molar-refractivity contribution is 0.674. The highest BCUT2D eigenvalue weighted by Gasteiger charge is 2.20. The molecule has 0 aliphatic heterocycles. The Labute approximate surface area is 288 Å². The maximum absolute atomic E-state index is 6.91. The largest absolute Gasteiger partial charge is 0.455 e. The molecule has 10 aromatic rings. The zero-order valence-corrected chi connectivity index (χ0v) is 27.0. The van der Waals surface area contributed by atoms with Gasteiger partial charge < -0.3 is 8.98 Å². The van der Waals surface area contributed by atoms with Gasteiger partial charge in [0, 0.05) is 44.1 Å². The van der Waals surface area contributed by atoms with Crippen molar-refractivity contribution in [1.82, 2.24) is 14.5 Å². The Hall–Kier alpha value is -6.78. The van der Waals surface area contributed by atoms with Gasteiger partial charge >= 0.3 is 0 Å². The van der Waals surface area contributed by atoms with Gasteiger partial charge in [-0.25, -0.2) is 9.97 Å². The number of aromatic nitrogens is 3. The van der Waals surface area contributed by atoms with Crippen molar-refractivity contribution >= 4 is 43.7 Å². The summed E-state index contributed by atoms with van der Waals surface area (Å²) in [7, 11) is 0. The van der Waals surface area contributed by atoms with Crippen molar-refractivity contribution in [3.63, 3.8) is 0 Å². The minimum absolute atomic E-state index is 0.691. The van der Waals surface area contributed by atoms with E-state index in [1.54, 1.807) is 0 Å². The summed E-state index contributed by atoms with van der Waals surface area (Å²) in [6.07, 6.45) is 0. The van der Waals surface area contributed by atoms with E-state index in [1.165, 1.54) is 5.39 Å². The van der Waals surface area contributed by atoms with Crippen LogP contribution in [-0.4, -0.2) is 14.5 Å². The van der Waals surface area contributed by atoms with Crippen molar-refractivity contribution in [1.29, 1.82) is 0 Å². The molecule has 0 spiro atoms. The Balaban J connectivity index is 1.11. The number of rotatable bonds is 5. The molecule has 0 saturated carbocycles. The summed E-state index contributed by atoms with van der Waals surface area (Å²) in [6.45, 7) is 0. The van der Waals surface area contributed by atoms with Crippen molar-refractivity contribution in [2.24, 2.45) is 0 Å². The second kappa shape index (κ2) is 11.4. The van der Waals surface area contributed by atoms with Gasteiger partial charge in [-0.1, -0.05) is 140 Å². The van der Waals surface area contributed by atoms with Crippen LogP contribution in [0.1, 0.15) is 0 Å². The number of fused-ring (bicyclic) bond motifs is 7.